The highest BCUT2D eigenvalue weighted by Gasteiger charge is 2.29. The van der Waals surface area contributed by atoms with Crippen molar-refractivity contribution in [3.05, 3.63) is 95.1 Å². The molecule has 0 saturated heterocycles. The first-order valence-corrected chi connectivity index (χ1v) is 11.0. The van der Waals surface area contributed by atoms with Crippen molar-refractivity contribution in [1.29, 1.82) is 0 Å². The van der Waals surface area contributed by atoms with Crippen LogP contribution in [-0.2, 0) is 20.8 Å². The predicted molar refractivity (Wildman–Crippen MR) is 133 cm³/mol. The second-order valence-corrected chi connectivity index (χ2v) is 7.81. The SMILES string of the molecule is COCCNCc1ccc(N/C(=C2\C(=O)Nc3cc(C(=O)OC)ccc32)c2ccccc2)cc1. The van der Waals surface area contributed by atoms with E-state index in [0.717, 1.165) is 35.5 Å². The average molecular weight is 458 g/mol. The van der Waals surface area contributed by atoms with Crippen LogP contribution in [0.15, 0.2) is 72.8 Å². The van der Waals surface area contributed by atoms with Crippen LogP contribution in [0.5, 0.6) is 0 Å². The number of esters is 1. The quantitative estimate of drug-likeness (QED) is 0.254. The van der Waals surface area contributed by atoms with E-state index in [2.05, 4.69) is 16.0 Å². The summed E-state index contributed by atoms with van der Waals surface area (Å²) >= 11 is 0. The van der Waals surface area contributed by atoms with Gasteiger partial charge in [-0.3, -0.25) is 4.79 Å². The number of rotatable bonds is 9. The summed E-state index contributed by atoms with van der Waals surface area (Å²) in [6.45, 7) is 2.19. The van der Waals surface area contributed by atoms with E-state index >= 15 is 0 Å². The Kier molecular flexibility index (Phi) is 7.37. The van der Waals surface area contributed by atoms with Crippen molar-refractivity contribution in [3.8, 4) is 0 Å². The van der Waals surface area contributed by atoms with Crippen LogP contribution >= 0.6 is 0 Å². The van der Waals surface area contributed by atoms with E-state index in [4.69, 9.17) is 9.47 Å². The van der Waals surface area contributed by atoms with Crippen LogP contribution in [0.2, 0.25) is 0 Å². The molecule has 3 N–H and O–H groups in total. The van der Waals surface area contributed by atoms with E-state index in [1.807, 2.05) is 54.6 Å². The topological polar surface area (TPSA) is 88.7 Å². The van der Waals surface area contributed by atoms with Crippen molar-refractivity contribution < 1.29 is 19.1 Å². The maximum absolute atomic E-state index is 13.1. The van der Waals surface area contributed by atoms with Gasteiger partial charge in [0, 0.05) is 31.5 Å². The zero-order chi connectivity index (χ0) is 23.9. The smallest absolute Gasteiger partial charge is 0.337 e. The van der Waals surface area contributed by atoms with Gasteiger partial charge in [0.1, 0.15) is 0 Å². The minimum absolute atomic E-state index is 0.234. The molecule has 174 valence electrons. The zero-order valence-corrected chi connectivity index (χ0v) is 19.2. The van der Waals surface area contributed by atoms with Crippen molar-refractivity contribution >= 4 is 34.5 Å². The number of amides is 1. The van der Waals surface area contributed by atoms with Gasteiger partial charge < -0.3 is 25.4 Å². The van der Waals surface area contributed by atoms with E-state index in [1.54, 1.807) is 25.3 Å². The fourth-order valence-corrected chi connectivity index (χ4v) is 3.81. The molecule has 0 radical (unpaired) electrons. The highest BCUT2D eigenvalue weighted by atomic mass is 16.5. The van der Waals surface area contributed by atoms with Gasteiger partial charge in [-0.15, -0.1) is 0 Å². The number of methoxy groups -OCH3 is 2. The summed E-state index contributed by atoms with van der Waals surface area (Å²) in [7, 11) is 3.01. The highest BCUT2D eigenvalue weighted by Crippen LogP contribution is 2.38. The van der Waals surface area contributed by atoms with Crippen molar-refractivity contribution in [2.45, 2.75) is 6.54 Å². The molecule has 7 heteroatoms. The van der Waals surface area contributed by atoms with Gasteiger partial charge in [0.05, 0.1) is 36.2 Å². The Bertz CT molecular complexity index is 1200. The molecule has 3 aromatic carbocycles. The molecular formula is C27H27N3O4. The van der Waals surface area contributed by atoms with Crippen molar-refractivity contribution in [3.63, 3.8) is 0 Å². The minimum Gasteiger partial charge on any atom is -0.465 e. The molecule has 0 unspecified atom stereocenters. The van der Waals surface area contributed by atoms with Gasteiger partial charge >= 0.3 is 5.97 Å². The standard InChI is InChI=1S/C27H27N3O4/c1-33-15-14-28-17-18-8-11-21(12-9-18)29-25(19-6-4-3-5-7-19)24-22-13-10-20(27(32)34-2)16-23(22)30-26(24)31/h3-13,16,28-29H,14-15,17H2,1-2H3,(H,30,31)/b25-24-. The molecule has 3 aromatic rings. The van der Waals surface area contributed by atoms with E-state index in [1.165, 1.54) is 7.11 Å². The van der Waals surface area contributed by atoms with Gasteiger partial charge in [-0.2, -0.15) is 0 Å². The molecule has 0 aromatic heterocycles. The van der Waals surface area contributed by atoms with Crippen molar-refractivity contribution in [2.75, 3.05) is 38.0 Å². The first kappa shape index (κ1) is 23.2. The van der Waals surface area contributed by atoms with Crippen LogP contribution < -0.4 is 16.0 Å². The molecule has 1 heterocycles. The number of carbonyl (C=O) groups excluding carboxylic acids is 2. The number of hydrogen-bond acceptors (Lipinski definition) is 6. The van der Waals surface area contributed by atoms with Crippen LogP contribution in [-0.4, -0.2) is 39.2 Å². The molecule has 4 rings (SSSR count). The molecule has 1 amide bonds. The van der Waals surface area contributed by atoms with Gasteiger partial charge in [0.25, 0.3) is 5.91 Å². The lowest BCUT2D eigenvalue weighted by Gasteiger charge is -2.15. The predicted octanol–water partition coefficient (Wildman–Crippen LogP) is 4.14. The van der Waals surface area contributed by atoms with Crippen LogP contribution in [0.3, 0.4) is 0 Å². The molecule has 7 nitrogen and oxygen atoms in total. The largest absolute Gasteiger partial charge is 0.465 e. The first-order chi connectivity index (χ1) is 16.6. The van der Waals surface area contributed by atoms with Gasteiger partial charge in [-0.25, -0.2) is 4.79 Å². The van der Waals surface area contributed by atoms with Crippen LogP contribution in [0.1, 0.15) is 27.0 Å². The Hall–Kier alpha value is -3.94. The number of fused-ring (bicyclic) bond motifs is 1. The summed E-state index contributed by atoms with van der Waals surface area (Å²) in [4.78, 5) is 25.0. The lowest BCUT2D eigenvalue weighted by atomic mass is 9.99. The number of hydrogen-bond donors (Lipinski definition) is 3. The maximum atomic E-state index is 13.1. The summed E-state index contributed by atoms with van der Waals surface area (Å²) in [5, 5.41) is 9.66. The molecule has 0 fully saturated rings. The second-order valence-electron chi connectivity index (χ2n) is 7.81. The molecule has 0 aliphatic carbocycles. The Balaban J connectivity index is 1.67. The Morgan fingerprint density at radius 2 is 1.71 bits per heavy atom. The van der Waals surface area contributed by atoms with E-state index in [0.29, 0.717) is 29.1 Å². The average Bonchev–Trinajstić information content (AvgIpc) is 3.20. The molecule has 0 atom stereocenters. The fraction of sp³-hybridized carbons (Fsp3) is 0.185. The molecule has 1 aliphatic rings. The first-order valence-electron chi connectivity index (χ1n) is 11.0. The molecule has 0 bridgehead atoms. The summed E-state index contributed by atoms with van der Waals surface area (Å²) in [6, 6.07) is 22.9. The number of ether oxygens (including phenoxy) is 2. The highest BCUT2D eigenvalue weighted by molar-refractivity contribution is 6.37. The Labute approximate surface area is 198 Å². The molecule has 1 aliphatic heterocycles. The second kappa shape index (κ2) is 10.8. The fourth-order valence-electron chi connectivity index (χ4n) is 3.81. The number of nitrogens with one attached hydrogen (secondary N) is 3. The van der Waals surface area contributed by atoms with Crippen LogP contribution in [0.25, 0.3) is 11.3 Å². The van der Waals surface area contributed by atoms with Gasteiger partial charge in [-0.05, 0) is 35.4 Å². The molecule has 0 spiro atoms. The van der Waals surface area contributed by atoms with Crippen molar-refractivity contribution in [2.24, 2.45) is 0 Å². The Morgan fingerprint density at radius 3 is 2.41 bits per heavy atom. The van der Waals surface area contributed by atoms with Crippen LogP contribution in [0, 0.1) is 0 Å². The molecular weight excluding hydrogens is 430 g/mol. The summed E-state index contributed by atoms with van der Waals surface area (Å²) < 4.78 is 9.86. The van der Waals surface area contributed by atoms with Gasteiger partial charge in [0.2, 0.25) is 0 Å². The van der Waals surface area contributed by atoms with E-state index in [9.17, 15) is 9.59 Å². The molecule has 0 saturated carbocycles. The Morgan fingerprint density at radius 1 is 0.941 bits per heavy atom. The minimum atomic E-state index is -0.451. The maximum Gasteiger partial charge on any atom is 0.337 e. The number of anilines is 2. The lowest BCUT2D eigenvalue weighted by molar-refractivity contribution is -0.110. The monoisotopic (exact) mass is 457 g/mol. The third-order valence-electron chi connectivity index (χ3n) is 5.53. The van der Waals surface area contributed by atoms with Gasteiger partial charge in [0.15, 0.2) is 0 Å². The zero-order valence-electron chi connectivity index (χ0n) is 19.2. The van der Waals surface area contributed by atoms with E-state index in [-0.39, 0.29) is 5.91 Å². The lowest BCUT2D eigenvalue weighted by Crippen LogP contribution is -2.18. The summed E-state index contributed by atoms with van der Waals surface area (Å²) in [5.41, 5.74) is 5.78. The number of benzene rings is 3. The van der Waals surface area contributed by atoms with E-state index < -0.39 is 5.97 Å². The van der Waals surface area contributed by atoms with Gasteiger partial charge in [-0.1, -0.05) is 48.5 Å². The summed E-state index contributed by atoms with van der Waals surface area (Å²) in [6.07, 6.45) is 0. The normalized spacial score (nSPS) is 13.8. The number of carbonyl (C=O) groups is 2. The summed E-state index contributed by atoms with van der Waals surface area (Å²) in [5.74, 6) is -0.685. The van der Waals surface area contributed by atoms with Crippen molar-refractivity contribution in [1.82, 2.24) is 5.32 Å². The third kappa shape index (κ3) is 5.17. The molecule has 34 heavy (non-hydrogen) atoms. The van der Waals surface area contributed by atoms with Crippen LogP contribution in [0.4, 0.5) is 11.4 Å². The third-order valence-corrected chi connectivity index (χ3v) is 5.53.